The molecule has 62 heavy (non-hydrogen) atoms. The summed E-state index contributed by atoms with van der Waals surface area (Å²) in [4.78, 5) is 23.1. The Bertz CT molecular complexity index is 1190. The number of nitrogens with zero attached hydrogens (tertiary/aromatic N) is 1. The molecule has 0 aliphatic carbocycles. The molecule has 0 bridgehead atoms. The number of rotatable bonds is 46. The number of carbonyl (C=O) groups excluding carboxylic acids is 1. The van der Waals surface area contributed by atoms with Crippen LogP contribution in [-0.4, -0.2) is 73.4 Å². The molecular formula is C53H100N2O6P+. The van der Waals surface area contributed by atoms with Crippen molar-refractivity contribution < 1.29 is 32.9 Å². The van der Waals surface area contributed by atoms with E-state index in [1.165, 1.54) is 122 Å². The van der Waals surface area contributed by atoms with Gasteiger partial charge in [0.25, 0.3) is 0 Å². The third kappa shape index (κ3) is 46.2. The molecule has 0 aliphatic heterocycles. The molecule has 8 nitrogen and oxygen atoms in total. The third-order valence-corrected chi connectivity index (χ3v) is 12.2. The van der Waals surface area contributed by atoms with E-state index in [4.69, 9.17) is 9.05 Å². The molecule has 0 saturated heterocycles. The normalized spacial score (nSPS) is 14.6. The molecule has 0 rings (SSSR count). The van der Waals surface area contributed by atoms with Crippen LogP contribution in [0.1, 0.15) is 219 Å². The first-order chi connectivity index (χ1) is 30.0. The molecule has 3 N–H and O–H groups in total. The monoisotopic (exact) mass is 892 g/mol. The number of unbranched alkanes of at least 4 members (excludes halogenated alkanes) is 25. The van der Waals surface area contributed by atoms with Gasteiger partial charge in [-0.2, -0.15) is 0 Å². The molecule has 0 aliphatic rings. The Kier molecular flexibility index (Phi) is 43.1. The summed E-state index contributed by atoms with van der Waals surface area (Å²) in [5, 5.41) is 13.8. The molecule has 0 aromatic heterocycles. The predicted molar refractivity (Wildman–Crippen MR) is 267 cm³/mol. The third-order valence-electron chi connectivity index (χ3n) is 11.2. The van der Waals surface area contributed by atoms with E-state index in [1.807, 2.05) is 27.2 Å². The Balaban J connectivity index is 4.31. The van der Waals surface area contributed by atoms with Gasteiger partial charge in [-0.05, 0) is 70.6 Å². The molecule has 0 aromatic rings. The van der Waals surface area contributed by atoms with E-state index in [0.29, 0.717) is 17.4 Å². The fraction of sp³-hybridized carbons (Fsp3) is 0.792. The molecule has 0 heterocycles. The number of phosphoric ester groups is 1. The molecule has 3 atom stereocenters. The molecule has 0 spiro atoms. The van der Waals surface area contributed by atoms with Gasteiger partial charge in [0, 0.05) is 6.42 Å². The molecule has 1 amide bonds. The maximum absolute atomic E-state index is 12.9. The first kappa shape index (κ1) is 60.2. The second-order valence-electron chi connectivity index (χ2n) is 18.5. The fourth-order valence-electron chi connectivity index (χ4n) is 7.11. The van der Waals surface area contributed by atoms with Gasteiger partial charge in [-0.25, -0.2) is 4.57 Å². The summed E-state index contributed by atoms with van der Waals surface area (Å²) in [5.41, 5.74) is 0. The van der Waals surface area contributed by atoms with Crippen LogP contribution in [0.5, 0.6) is 0 Å². The second-order valence-corrected chi connectivity index (χ2v) is 20.0. The lowest BCUT2D eigenvalue weighted by atomic mass is 10.0. The van der Waals surface area contributed by atoms with Gasteiger partial charge in [0.15, 0.2) is 0 Å². The van der Waals surface area contributed by atoms with Gasteiger partial charge in [0.1, 0.15) is 13.2 Å². The van der Waals surface area contributed by atoms with Crippen LogP contribution < -0.4 is 5.32 Å². The average Bonchev–Trinajstić information content (AvgIpc) is 3.23. The Morgan fingerprint density at radius 2 is 0.968 bits per heavy atom. The number of nitrogens with one attached hydrogen (secondary N) is 1. The minimum atomic E-state index is -4.36. The molecular weight excluding hydrogens is 792 g/mol. The minimum Gasteiger partial charge on any atom is -0.387 e. The van der Waals surface area contributed by atoms with Crippen LogP contribution in [-0.2, 0) is 18.4 Å². The number of aliphatic hydroxyl groups excluding tert-OH is 1. The van der Waals surface area contributed by atoms with Crippen LogP contribution >= 0.6 is 7.82 Å². The van der Waals surface area contributed by atoms with Crippen molar-refractivity contribution in [3.63, 3.8) is 0 Å². The Labute approximate surface area is 383 Å². The number of likely N-dealkylation sites (N-methyl/N-ethyl adjacent to an activating group) is 1. The lowest BCUT2D eigenvalue weighted by Gasteiger charge is -2.25. The zero-order chi connectivity index (χ0) is 45.7. The van der Waals surface area contributed by atoms with E-state index in [2.05, 4.69) is 67.8 Å². The van der Waals surface area contributed by atoms with Crippen molar-refractivity contribution in [2.75, 3.05) is 40.9 Å². The van der Waals surface area contributed by atoms with Crippen molar-refractivity contribution in [1.82, 2.24) is 5.32 Å². The second kappa shape index (κ2) is 44.4. The van der Waals surface area contributed by atoms with Crippen LogP contribution in [0.3, 0.4) is 0 Å². The van der Waals surface area contributed by atoms with E-state index in [1.54, 1.807) is 6.08 Å². The summed E-state index contributed by atoms with van der Waals surface area (Å²) in [6, 6.07) is -0.878. The molecule has 0 fully saturated rings. The Morgan fingerprint density at radius 1 is 0.548 bits per heavy atom. The number of hydrogen-bond donors (Lipinski definition) is 3. The van der Waals surface area contributed by atoms with Gasteiger partial charge in [-0.3, -0.25) is 13.8 Å². The van der Waals surface area contributed by atoms with Crippen LogP contribution in [0.25, 0.3) is 0 Å². The highest BCUT2D eigenvalue weighted by Crippen LogP contribution is 2.43. The van der Waals surface area contributed by atoms with E-state index in [-0.39, 0.29) is 19.1 Å². The van der Waals surface area contributed by atoms with Crippen LogP contribution in [0.4, 0.5) is 0 Å². The van der Waals surface area contributed by atoms with Crippen molar-refractivity contribution in [3.05, 3.63) is 60.8 Å². The number of quaternary nitrogens is 1. The summed E-state index contributed by atoms with van der Waals surface area (Å²) < 4.78 is 23.6. The summed E-state index contributed by atoms with van der Waals surface area (Å²) in [5.74, 6) is -0.207. The number of carbonyl (C=O) groups is 1. The van der Waals surface area contributed by atoms with E-state index < -0.39 is 20.0 Å². The van der Waals surface area contributed by atoms with Crippen molar-refractivity contribution in [3.8, 4) is 0 Å². The largest absolute Gasteiger partial charge is 0.472 e. The van der Waals surface area contributed by atoms with E-state index in [9.17, 15) is 19.4 Å². The number of hydrogen-bond acceptors (Lipinski definition) is 5. The first-order valence-electron chi connectivity index (χ1n) is 25.7. The highest BCUT2D eigenvalue weighted by Gasteiger charge is 2.27. The highest BCUT2D eigenvalue weighted by molar-refractivity contribution is 7.47. The van der Waals surface area contributed by atoms with Gasteiger partial charge >= 0.3 is 7.82 Å². The summed E-state index contributed by atoms with van der Waals surface area (Å²) in [6.07, 6.45) is 59.0. The van der Waals surface area contributed by atoms with Crippen molar-refractivity contribution in [2.24, 2.45) is 0 Å². The van der Waals surface area contributed by atoms with Crippen molar-refractivity contribution in [1.29, 1.82) is 0 Å². The zero-order valence-electron chi connectivity index (χ0n) is 41.1. The minimum absolute atomic E-state index is 0.0485. The average molecular weight is 892 g/mol. The number of allylic oxidation sites excluding steroid dienone is 9. The van der Waals surface area contributed by atoms with Crippen molar-refractivity contribution in [2.45, 2.75) is 231 Å². The SMILES string of the molecule is CCC/C=C\C/C=C\CCCCCCCC(=O)NC(COP(=O)(O)OCC[N+](C)(C)C)C(O)/C=C/CC/C=C/CC/C=C/CCCCCCCCCCCCCCCCCCC. The Morgan fingerprint density at radius 3 is 1.45 bits per heavy atom. The smallest absolute Gasteiger partial charge is 0.387 e. The predicted octanol–water partition coefficient (Wildman–Crippen LogP) is 15.0. The molecule has 3 unspecified atom stereocenters. The lowest BCUT2D eigenvalue weighted by Crippen LogP contribution is -2.45. The van der Waals surface area contributed by atoms with Crippen LogP contribution in [0.2, 0.25) is 0 Å². The summed E-state index contributed by atoms with van der Waals surface area (Å²) in [6.45, 7) is 4.71. The van der Waals surface area contributed by atoms with E-state index >= 15 is 0 Å². The number of phosphoric acid groups is 1. The first-order valence-corrected chi connectivity index (χ1v) is 27.2. The van der Waals surface area contributed by atoms with Gasteiger partial charge in [0.2, 0.25) is 5.91 Å². The van der Waals surface area contributed by atoms with Gasteiger partial charge in [-0.1, -0.05) is 203 Å². The zero-order valence-corrected chi connectivity index (χ0v) is 42.0. The highest BCUT2D eigenvalue weighted by atomic mass is 31.2. The van der Waals surface area contributed by atoms with Crippen LogP contribution in [0.15, 0.2) is 60.8 Å². The standard InChI is InChI=1S/C53H99N2O6P/c1-6-8-10-12-14-16-18-20-21-22-23-24-25-26-27-28-29-30-31-32-33-35-36-38-40-42-44-46-52(56)51(50-61-62(58,59)60-49-48-55(3,4)5)54-53(57)47-45-43-41-39-37-34-19-17-15-13-11-9-7-2/h11,13,17,19,31-32,36,38,44,46,51-52,56H,6-10,12,14-16,18,20-30,33-35,37,39-43,45,47-50H2,1-5H3,(H-,54,57,58,59)/p+1/b13-11-,19-17-,32-31+,38-36+,46-44+. The lowest BCUT2D eigenvalue weighted by molar-refractivity contribution is -0.870. The Hall–Kier alpha value is -1.80. The maximum atomic E-state index is 12.9. The van der Waals surface area contributed by atoms with Gasteiger partial charge in [-0.15, -0.1) is 0 Å². The molecule has 362 valence electrons. The summed E-state index contributed by atoms with van der Waals surface area (Å²) >= 11 is 0. The molecule has 0 aromatic carbocycles. The molecule has 9 heteroatoms. The van der Waals surface area contributed by atoms with Gasteiger partial charge < -0.3 is 19.8 Å². The maximum Gasteiger partial charge on any atom is 0.472 e. The quantitative estimate of drug-likeness (QED) is 0.0243. The topological polar surface area (TPSA) is 105 Å². The molecule has 0 saturated carbocycles. The van der Waals surface area contributed by atoms with Crippen LogP contribution in [0, 0.1) is 0 Å². The van der Waals surface area contributed by atoms with Crippen molar-refractivity contribution >= 4 is 13.7 Å². The fourth-order valence-corrected chi connectivity index (χ4v) is 7.85. The molecule has 0 radical (unpaired) electrons. The van der Waals surface area contributed by atoms with E-state index in [0.717, 1.165) is 77.0 Å². The van der Waals surface area contributed by atoms with Gasteiger partial charge in [0.05, 0.1) is 39.9 Å². The summed E-state index contributed by atoms with van der Waals surface area (Å²) in [7, 11) is 1.53. The number of amides is 1. The number of aliphatic hydroxyl groups is 1.